The standard InChI is InChI=1S/C22H20N2O4/c1-3-27-21-10-8-16(15(2)25)12-17(21)14-28-22(26)11-9-18-13-23-19-6-4-5-7-20(19)24-18/h4-13H,3,14H2,1-2H3. The van der Waals surface area contributed by atoms with Crippen LogP contribution in [0, 0.1) is 0 Å². The minimum atomic E-state index is -0.523. The highest BCUT2D eigenvalue weighted by Crippen LogP contribution is 2.22. The number of para-hydroxylation sites is 2. The third-order valence-corrected chi connectivity index (χ3v) is 3.99. The molecule has 1 aromatic heterocycles. The Morgan fingerprint density at radius 3 is 2.64 bits per heavy atom. The van der Waals surface area contributed by atoms with Crippen molar-refractivity contribution in [1.82, 2.24) is 9.97 Å². The maximum atomic E-state index is 12.1. The lowest BCUT2D eigenvalue weighted by Gasteiger charge is -2.11. The number of ketones is 1. The molecule has 3 rings (SSSR count). The van der Waals surface area contributed by atoms with Gasteiger partial charge in [-0.3, -0.25) is 9.78 Å². The van der Waals surface area contributed by atoms with Crippen molar-refractivity contribution < 1.29 is 19.1 Å². The molecular formula is C22H20N2O4. The average molecular weight is 376 g/mol. The second-order valence-corrected chi connectivity index (χ2v) is 6.04. The van der Waals surface area contributed by atoms with Gasteiger partial charge in [0.1, 0.15) is 12.4 Å². The van der Waals surface area contributed by atoms with Crippen LogP contribution in [0.4, 0.5) is 0 Å². The van der Waals surface area contributed by atoms with Gasteiger partial charge in [0, 0.05) is 17.2 Å². The van der Waals surface area contributed by atoms with Crippen molar-refractivity contribution in [3.8, 4) is 5.75 Å². The van der Waals surface area contributed by atoms with Crippen molar-refractivity contribution >= 4 is 28.9 Å². The Bertz CT molecular complexity index is 1040. The average Bonchev–Trinajstić information content (AvgIpc) is 2.71. The Labute approximate surface area is 162 Å². The largest absolute Gasteiger partial charge is 0.493 e. The van der Waals surface area contributed by atoms with Crippen LogP contribution in [0.1, 0.15) is 35.5 Å². The summed E-state index contributed by atoms with van der Waals surface area (Å²) in [5.74, 6) is 0.000657. The second kappa shape index (κ2) is 8.90. The van der Waals surface area contributed by atoms with Crippen LogP contribution in [0.2, 0.25) is 0 Å². The molecule has 6 heteroatoms. The van der Waals surface area contributed by atoms with Crippen LogP contribution in [-0.4, -0.2) is 28.3 Å². The zero-order valence-electron chi connectivity index (χ0n) is 15.7. The van der Waals surface area contributed by atoms with Gasteiger partial charge in [0.2, 0.25) is 0 Å². The van der Waals surface area contributed by atoms with Crippen molar-refractivity contribution in [3.63, 3.8) is 0 Å². The van der Waals surface area contributed by atoms with Gasteiger partial charge in [-0.15, -0.1) is 0 Å². The van der Waals surface area contributed by atoms with Gasteiger partial charge in [-0.1, -0.05) is 12.1 Å². The normalized spacial score (nSPS) is 10.9. The molecule has 6 nitrogen and oxygen atoms in total. The first-order valence-electron chi connectivity index (χ1n) is 8.90. The van der Waals surface area contributed by atoms with Crippen molar-refractivity contribution in [2.75, 3.05) is 6.61 Å². The number of hydrogen-bond donors (Lipinski definition) is 0. The quantitative estimate of drug-likeness (QED) is 0.352. The zero-order chi connectivity index (χ0) is 19.9. The lowest BCUT2D eigenvalue weighted by atomic mass is 10.1. The Balaban J connectivity index is 1.68. The molecule has 0 aliphatic heterocycles. The number of hydrogen-bond acceptors (Lipinski definition) is 6. The van der Waals surface area contributed by atoms with E-state index in [4.69, 9.17) is 9.47 Å². The predicted octanol–water partition coefficient (Wildman–Crippen LogP) is 3.99. The molecule has 0 spiro atoms. The summed E-state index contributed by atoms with van der Waals surface area (Å²) in [5, 5.41) is 0. The van der Waals surface area contributed by atoms with Gasteiger partial charge >= 0.3 is 5.97 Å². The van der Waals surface area contributed by atoms with Gasteiger partial charge in [0.15, 0.2) is 5.78 Å². The summed E-state index contributed by atoms with van der Waals surface area (Å²) in [6, 6.07) is 12.6. The summed E-state index contributed by atoms with van der Waals surface area (Å²) < 4.78 is 10.8. The highest BCUT2D eigenvalue weighted by Gasteiger charge is 2.10. The third-order valence-electron chi connectivity index (χ3n) is 3.99. The van der Waals surface area contributed by atoms with E-state index in [0.717, 1.165) is 11.0 Å². The Kier molecular flexibility index (Phi) is 6.11. The van der Waals surface area contributed by atoms with Crippen LogP contribution in [-0.2, 0) is 16.1 Å². The van der Waals surface area contributed by atoms with E-state index in [1.165, 1.54) is 13.0 Å². The van der Waals surface area contributed by atoms with E-state index in [1.807, 2.05) is 31.2 Å². The fourth-order valence-electron chi connectivity index (χ4n) is 2.61. The summed E-state index contributed by atoms with van der Waals surface area (Å²) in [5.41, 5.74) is 3.28. The SMILES string of the molecule is CCOc1ccc(C(C)=O)cc1COC(=O)C=Cc1cnc2ccccc2n1. The minimum Gasteiger partial charge on any atom is -0.493 e. The van der Waals surface area contributed by atoms with E-state index in [0.29, 0.717) is 29.2 Å². The molecule has 2 aromatic carbocycles. The first-order chi connectivity index (χ1) is 13.6. The van der Waals surface area contributed by atoms with Crippen molar-refractivity contribution in [2.24, 2.45) is 0 Å². The molecule has 28 heavy (non-hydrogen) atoms. The molecule has 0 N–H and O–H groups in total. The van der Waals surface area contributed by atoms with E-state index in [1.54, 1.807) is 30.5 Å². The molecule has 0 atom stereocenters. The fourth-order valence-corrected chi connectivity index (χ4v) is 2.61. The van der Waals surface area contributed by atoms with Gasteiger partial charge in [-0.25, -0.2) is 9.78 Å². The smallest absolute Gasteiger partial charge is 0.331 e. The molecule has 0 aliphatic carbocycles. The van der Waals surface area contributed by atoms with Crippen LogP contribution in [0.3, 0.4) is 0 Å². The Morgan fingerprint density at radius 1 is 1.11 bits per heavy atom. The van der Waals surface area contributed by atoms with Gasteiger partial charge in [0.05, 0.1) is 29.5 Å². The molecule has 0 aliphatic rings. The Hall–Kier alpha value is -3.54. The molecule has 1 heterocycles. The van der Waals surface area contributed by atoms with E-state index < -0.39 is 5.97 Å². The number of esters is 1. The molecule has 0 unspecified atom stereocenters. The van der Waals surface area contributed by atoms with Crippen molar-refractivity contribution in [3.05, 3.63) is 71.6 Å². The van der Waals surface area contributed by atoms with Gasteiger partial charge in [-0.2, -0.15) is 0 Å². The van der Waals surface area contributed by atoms with Crippen LogP contribution in [0.25, 0.3) is 17.1 Å². The molecule has 142 valence electrons. The number of carbonyl (C=O) groups excluding carboxylic acids is 2. The topological polar surface area (TPSA) is 78.4 Å². The second-order valence-electron chi connectivity index (χ2n) is 6.04. The molecule has 0 saturated carbocycles. The summed E-state index contributed by atoms with van der Waals surface area (Å²) in [4.78, 5) is 32.4. The van der Waals surface area contributed by atoms with Crippen LogP contribution in [0.5, 0.6) is 5.75 Å². The zero-order valence-corrected chi connectivity index (χ0v) is 15.7. The molecule has 0 bridgehead atoms. The number of fused-ring (bicyclic) bond motifs is 1. The molecule has 3 aromatic rings. The number of nitrogens with zero attached hydrogens (tertiary/aromatic N) is 2. The maximum Gasteiger partial charge on any atom is 0.331 e. The lowest BCUT2D eigenvalue weighted by molar-refractivity contribution is -0.138. The van der Waals surface area contributed by atoms with Crippen LogP contribution in [0.15, 0.2) is 54.7 Å². The van der Waals surface area contributed by atoms with Crippen molar-refractivity contribution in [1.29, 1.82) is 0 Å². The number of Topliss-reactive ketones (excluding diaryl/α,β-unsaturated/α-hetero) is 1. The van der Waals surface area contributed by atoms with Crippen molar-refractivity contribution in [2.45, 2.75) is 20.5 Å². The number of aromatic nitrogens is 2. The van der Waals surface area contributed by atoms with E-state index in [2.05, 4.69) is 9.97 Å². The number of carbonyl (C=O) groups is 2. The summed E-state index contributed by atoms with van der Waals surface area (Å²) >= 11 is 0. The van der Waals surface area contributed by atoms with Crippen LogP contribution >= 0.6 is 0 Å². The monoisotopic (exact) mass is 376 g/mol. The van der Waals surface area contributed by atoms with E-state index >= 15 is 0 Å². The Morgan fingerprint density at radius 2 is 1.89 bits per heavy atom. The van der Waals surface area contributed by atoms with Gasteiger partial charge < -0.3 is 9.47 Å². The maximum absolute atomic E-state index is 12.1. The molecule has 0 amide bonds. The molecule has 0 fully saturated rings. The van der Waals surface area contributed by atoms with Crippen LogP contribution < -0.4 is 4.74 Å². The lowest BCUT2D eigenvalue weighted by Crippen LogP contribution is -2.05. The minimum absolute atomic E-state index is 0.00300. The first-order valence-corrected chi connectivity index (χ1v) is 8.90. The molecule has 0 radical (unpaired) electrons. The van der Waals surface area contributed by atoms with Gasteiger partial charge in [0.25, 0.3) is 0 Å². The fraction of sp³-hybridized carbons (Fsp3) is 0.182. The number of ether oxygens (including phenoxy) is 2. The molecule has 0 saturated heterocycles. The summed E-state index contributed by atoms with van der Waals surface area (Å²) in [7, 11) is 0. The number of benzene rings is 2. The highest BCUT2D eigenvalue weighted by atomic mass is 16.5. The van der Waals surface area contributed by atoms with Gasteiger partial charge in [-0.05, 0) is 50.3 Å². The van der Waals surface area contributed by atoms with E-state index in [9.17, 15) is 9.59 Å². The molecular weight excluding hydrogens is 356 g/mol. The van der Waals surface area contributed by atoms with E-state index in [-0.39, 0.29) is 12.4 Å². The first kappa shape index (κ1) is 19.2. The highest BCUT2D eigenvalue weighted by molar-refractivity contribution is 5.94. The summed E-state index contributed by atoms with van der Waals surface area (Å²) in [6.45, 7) is 3.82. The third kappa shape index (κ3) is 4.79. The predicted molar refractivity (Wildman–Crippen MR) is 106 cm³/mol. The number of rotatable bonds is 7. The summed E-state index contributed by atoms with van der Waals surface area (Å²) in [6.07, 6.45) is 4.45.